The van der Waals surface area contributed by atoms with E-state index in [1.807, 2.05) is 6.92 Å². The lowest BCUT2D eigenvalue weighted by Gasteiger charge is -2.14. The molecular weight excluding hydrogens is 242 g/mol. The first-order chi connectivity index (χ1) is 7.85. The quantitative estimate of drug-likeness (QED) is 0.826. The third-order valence-corrected chi connectivity index (χ3v) is 3.69. The molecule has 94 valence electrons. The van der Waals surface area contributed by atoms with E-state index in [0.29, 0.717) is 5.56 Å². The van der Waals surface area contributed by atoms with Crippen LogP contribution in [0, 0.1) is 6.92 Å². The maximum Gasteiger partial charge on any atom is 0.326 e. The van der Waals surface area contributed by atoms with Crippen molar-refractivity contribution in [2.24, 2.45) is 0 Å². The first-order valence-corrected chi connectivity index (χ1v) is 6.80. The number of aryl methyl sites for hydroxylation is 1. The maximum absolute atomic E-state index is 11.4. The first-order valence-electron chi connectivity index (χ1n) is 5.15. The molecule has 1 rings (SSSR count). The van der Waals surface area contributed by atoms with Gasteiger partial charge in [-0.15, -0.1) is 0 Å². The van der Waals surface area contributed by atoms with Crippen molar-refractivity contribution in [3.05, 3.63) is 35.4 Å². The summed E-state index contributed by atoms with van der Waals surface area (Å²) in [6, 6.07) is 5.45. The molecule has 0 aliphatic heterocycles. The van der Waals surface area contributed by atoms with Gasteiger partial charge in [0.15, 0.2) is 0 Å². The Morgan fingerprint density at radius 3 is 2.29 bits per heavy atom. The van der Waals surface area contributed by atoms with Gasteiger partial charge in [-0.3, -0.25) is 4.79 Å². The van der Waals surface area contributed by atoms with E-state index in [9.17, 15) is 13.2 Å². The average molecular weight is 257 g/mol. The van der Waals surface area contributed by atoms with Gasteiger partial charge in [-0.1, -0.05) is 29.8 Å². The van der Waals surface area contributed by atoms with Gasteiger partial charge in [0.1, 0.15) is 6.04 Å². The minimum atomic E-state index is -3.55. The fraction of sp³-hybridized carbons (Fsp3) is 0.364. The fourth-order valence-corrected chi connectivity index (χ4v) is 2.05. The highest BCUT2D eigenvalue weighted by Gasteiger charge is 2.24. The highest BCUT2D eigenvalue weighted by molar-refractivity contribution is 7.89. The second-order valence-corrected chi connectivity index (χ2v) is 5.75. The fourth-order valence-electron chi connectivity index (χ4n) is 1.28. The van der Waals surface area contributed by atoms with Crippen molar-refractivity contribution in [2.45, 2.75) is 19.9 Å². The SMILES string of the molecule is CCS(=O)(=O)NC(C(=O)O)c1ccc(C)cc1. The summed E-state index contributed by atoms with van der Waals surface area (Å²) < 4.78 is 24.9. The van der Waals surface area contributed by atoms with E-state index in [1.165, 1.54) is 6.92 Å². The van der Waals surface area contributed by atoms with Gasteiger partial charge in [-0.2, -0.15) is 4.72 Å². The van der Waals surface area contributed by atoms with Crippen molar-refractivity contribution in [2.75, 3.05) is 5.75 Å². The smallest absolute Gasteiger partial charge is 0.326 e. The highest BCUT2D eigenvalue weighted by atomic mass is 32.2. The number of benzene rings is 1. The zero-order valence-corrected chi connectivity index (χ0v) is 10.5. The largest absolute Gasteiger partial charge is 0.480 e. The van der Waals surface area contributed by atoms with E-state index in [-0.39, 0.29) is 5.75 Å². The molecule has 2 N–H and O–H groups in total. The zero-order chi connectivity index (χ0) is 13.1. The van der Waals surface area contributed by atoms with Crippen LogP contribution >= 0.6 is 0 Å². The van der Waals surface area contributed by atoms with Crippen LogP contribution in [0.25, 0.3) is 0 Å². The Morgan fingerprint density at radius 1 is 1.35 bits per heavy atom. The molecule has 0 saturated carbocycles. The van der Waals surface area contributed by atoms with Crippen LogP contribution in [0.3, 0.4) is 0 Å². The number of rotatable bonds is 5. The first kappa shape index (κ1) is 13.7. The number of hydrogen-bond donors (Lipinski definition) is 2. The Morgan fingerprint density at radius 2 is 1.88 bits per heavy atom. The minimum absolute atomic E-state index is 0.150. The number of hydrogen-bond acceptors (Lipinski definition) is 3. The predicted octanol–water partition coefficient (Wildman–Crippen LogP) is 1.06. The molecule has 1 aromatic carbocycles. The molecule has 0 spiro atoms. The van der Waals surface area contributed by atoms with Crippen molar-refractivity contribution in [3.8, 4) is 0 Å². The standard InChI is InChI=1S/C11H15NO4S/c1-3-17(15,16)12-10(11(13)14)9-6-4-8(2)5-7-9/h4-7,10,12H,3H2,1-2H3,(H,13,14). The van der Waals surface area contributed by atoms with Crippen LogP contribution in [0.1, 0.15) is 24.1 Å². The molecule has 6 heteroatoms. The molecule has 5 nitrogen and oxygen atoms in total. The van der Waals surface area contributed by atoms with Crippen molar-refractivity contribution < 1.29 is 18.3 Å². The second-order valence-electron chi connectivity index (χ2n) is 3.70. The lowest BCUT2D eigenvalue weighted by atomic mass is 10.1. The molecule has 0 amide bonds. The molecule has 1 unspecified atom stereocenters. The Hall–Kier alpha value is -1.40. The number of carbonyl (C=O) groups is 1. The number of carboxylic acids is 1. The van der Waals surface area contributed by atoms with Crippen molar-refractivity contribution in [1.82, 2.24) is 4.72 Å². The molecule has 1 atom stereocenters. The lowest BCUT2D eigenvalue weighted by molar-refractivity contribution is -0.139. The third kappa shape index (κ3) is 3.83. The van der Waals surface area contributed by atoms with Crippen molar-refractivity contribution >= 4 is 16.0 Å². The molecule has 0 saturated heterocycles. The normalized spacial score (nSPS) is 13.3. The van der Waals surface area contributed by atoms with Crippen molar-refractivity contribution in [1.29, 1.82) is 0 Å². The van der Waals surface area contributed by atoms with E-state index < -0.39 is 22.0 Å². The minimum Gasteiger partial charge on any atom is -0.480 e. The molecule has 0 radical (unpaired) electrons. The molecule has 0 aliphatic carbocycles. The Balaban J connectivity index is 3.02. The van der Waals surface area contributed by atoms with Gasteiger partial charge in [0.25, 0.3) is 0 Å². The highest BCUT2D eigenvalue weighted by Crippen LogP contribution is 2.15. The van der Waals surface area contributed by atoms with Gasteiger partial charge >= 0.3 is 5.97 Å². The molecule has 0 aliphatic rings. The van der Waals surface area contributed by atoms with Gasteiger partial charge in [-0.05, 0) is 19.4 Å². The number of nitrogens with one attached hydrogen (secondary N) is 1. The molecule has 0 aromatic heterocycles. The summed E-state index contributed by atoms with van der Waals surface area (Å²) in [7, 11) is -3.55. The molecule has 0 fully saturated rings. The molecule has 0 heterocycles. The Labute approximate surface area is 101 Å². The predicted molar refractivity (Wildman–Crippen MR) is 64.2 cm³/mol. The topological polar surface area (TPSA) is 83.5 Å². The summed E-state index contributed by atoms with van der Waals surface area (Å²) in [4.78, 5) is 11.1. The number of sulfonamides is 1. The van der Waals surface area contributed by atoms with Gasteiger partial charge in [-0.25, -0.2) is 8.42 Å². The summed E-state index contributed by atoms with van der Waals surface area (Å²) in [6.45, 7) is 3.33. The van der Waals surface area contributed by atoms with Crippen LogP contribution in [-0.4, -0.2) is 25.2 Å². The van der Waals surface area contributed by atoms with E-state index in [2.05, 4.69) is 4.72 Å². The Kier molecular flexibility index (Phi) is 4.25. The summed E-state index contributed by atoms with van der Waals surface area (Å²) in [5, 5.41) is 9.03. The van der Waals surface area contributed by atoms with E-state index >= 15 is 0 Å². The van der Waals surface area contributed by atoms with Crippen LogP contribution < -0.4 is 4.72 Å². The second kappa shape index (κ2) is 5.29. The molecule has 17 heavy (non-hydrogen) atoms. The molecular formula is C11H15NO4S. The van der Waals surface area contributed by atoms with Crippen LogP contribution in [0.5, 0.6) is 0 Å². The van der Waals surface area contributed by atoms with E-state index in [4.69, 9.17) is 5.11 Å². The Bertz CT molecular complexity index is 493. The summed E-state index contributed by atoms with van der Waals surface area (Å²) in [5.74, 6) is -1.37. The van der Waals surface area contributed by atoms with Crippen LogP contribution in [0.4, 0.5) is 0 Å². The van der Waals surface area contributed by atoms with Crippen LogP contribution in [0.15, 0.2) is 24.3 Å². The summed E-state index contributed by atoms with van der Waals surface area (Å²) in [5.41, 5.74) is 1.40. The zero-order valence-electron chi connectivity index (χ0n) is 9.67. The van der Waals surface area contributed by atoms with Gasteiger partial charge in [0.05, 0.1) is 5.75 Å². The van der Waals surface area contributed by atoms with E-state index in [1.54, 1.807) is 24.3 Å². The van der Waals surface area contributed by atoms with Gasteiger partial charge < -0.3 is 5.11 Å². The average Bonchev–Trinajstić information content (AvgIpc) is 2.27. The summed E-state index contributed by atoms with van der Waals surface area (Å²) >= 11 is 0. The van der Waals surface area contributed by atoms with E-state index in [0.717, 1.165) is 5.56 Å². The monoisotopic (exact) mass is 257 g/mol. The van der Waals surface area contributed by atoms with Gasteiger partial charge in [0, 0.05) is 0 Å². The molecule has 0 bridgehead atoms. The summed E-state index contributed by atoms with van der Waals surface area (Å²) in [6.07, 6.45) is 0. The number of aliphatic carboxylic acids is 1. The van der Waals surface area contributed by atoms with Gasteiger partial charge in [0.2, 0.25) is 10.0 Å². The van der Waals surface area contributed by atoms with Crippen molar-refractivity contribution in [3.63, 3.8) is 0 Å². The van der Waals surface area contributed by atoms with Crippen LogP contribution in [0.2, 0.25) is 0 Å². The third-order valence-electron chi connectivity index (χ3n) is 2.34. The number of carboxylic acid groups (broad SMARTS) is 1. The lowest BCUT2D eigenvalue weighted by Crippen LogP contribution is -2.34. The van der Waals surface area contributed by atoms with Crippen LogP contribution in [-0.2, 0) is 14.8 Å². The molecule has 1 aromatic rings. The maximum atomic E-state index is 11.4.